The molecule has 1 unspecified atom stereocenters. The maximum absolute atomic E-state index is 10.9. The predicted molar refractivity (Wildman–Crippen MR) is 80.1 cm³/mol. The fourth-order valence-electron chi connectivity index (χ4n) is 2.11. The summed E-state index contributed by atoms with van der Waals surface area (Å²) in [5.74, 6) is 0. The molecule has 6 heteroatoms. The highest BCUT2D eigenvalue weighted by Crippen LogP contribution is 2.24. The third kappa shape index (κ3) is 3.17. The molecule has 2 heterocycles. The third-order valence-electron chi connectivity index (χ3n) is 3.21. The second kappa shape index (κ2) is 6.32. The van der Waals surface area contributed by atoms with Crippen LogP contribution in [0.15, 0.2) is 30.7 Å². The van der Waals surface area contributed by atoms with Crippen LogP contribution in [0.2, 0.25) is 0 Å². The molecule has 2 aromatic heterocycles. The normalized spacial score (nSPS) is 13.2. The molecule has 0 bridgehead atoms. The van der Waals surface area contributed by atoms with Crippen LogP contribution >= 0.6 is 0 Å². The lowest BCUT2D eigenvalue weighted by molar-refractivity contribution is -0.103. The number of rotatable bonds is 5. The molecule has 3 N–H and O–H groups in total. The molecule has 0 amide bonds. The van der Waals surface area contributed by atoms with Crippen molar-refractivity contribution in [3.8, 4) is 11.1 Å². The summed E-state index contributed by atoms with van der Waals surface area (Å²) in [6.07, 6.45) is 4.82. The fourth-order valence-corrected chi connectivity index (χ4v) is 2.11. The maximum Gasteiger partial charge on any atom is 0.153 e. The molecule has 0 aliphatic carbocycles. The number of carbonyl (C=O) groups is 1. The quantitative estimate of drug-likeness (QED) is 0.635. The SMILES string of the molecule is Cc1c(-c2ccnc(/C(C=O)=C\N)c2)cnn1CC(C)O. The lowest BCUT2D eigenvalue weighted by Crippen LogP contribution is -2.14. The minimum absolute atomic E-state index is 0.339. The van der Waals surface area contributed by atoms with Crippen molar-refractivity contribution in [1.29, 1.82) is 0 Å². The number of hydrogen-bond donors (Lipinski definition) is 2. The molecular weight excluding hydrogens is 268 g/mol. The number of aldehydes is 1. The zero-order valence-corrected chi connectivity index (χ0v) is 12.0. The standard InChI is InChI=1S/C15H18N4O2/c1-10(21)8-19-11(2)14(7-18-19)12-3-4-17-15(5-12)13(6-16)9-20/h3-7,9-10,21H,8,16H2,1-2H3/b13-6-. The Balaban J connectivity index is 2.41. The van der Waals surface area contributed by atoms with Crippen LogP contribution in [0.1, 0.15) is 18.3 Å². The van der Waals surface area contributed by atoms with E-state index >= 15 is 0 Å². The van der Waals surface area contributed by atoms with Gasteiger partial charge < -0.3 is 10.8 Å². The van der Waals surface area contributed by atoms with E-state index in [1.54, 1.807) is 30.1 Å². The van der Waals surface area contributed by atoms with Crippen molar-refractivity contribution in [2.75, 3.05) is 0 Å². The van der Waals surface area contributed by atoms with Crippen LogP contribution in [0.5, 0.6) is 0 Å². The highest BCUT2D eigenvalue weighted by Gasteiger charge is 2.11. The van der Waals surface area contributed by atoms with E-state index in [0.717, 1.165) is 16.8 Å². The fraction of sp³-hybridized carbons (Fsp3) is 0.267. The summed E-state index contributed by atoms with van der Waals surface area (Å²) in [5.41, 5.74) is 9.05. The highest BCUT2D eigenvalue weighted by atomic mass is 16.3. The molecule has 21 heavy (non-hydrogen) atoms. The first kappa shape index (κ1) is 14.9. The van der Waals surface area contributed by atoms with E-state index < -0.39 is 6.10 Å². The van der Waals surface area contributed by atoms with E-state index in [1.807, 2.05) is 13.0 Å². The van der Waals surface area contributed by atoms with Crippen LogP contribution in [-0.2, 0) is 11.3 Å². The number of aromatic nitrogens is 3. The summed E-state index contributed by atoms with van der Waals surface area (Å²) in [4.78, 5) is 15.1. The highest BCUT2D eigenvalue weighted by molar-refractivity contribution is 6.06. The number of aliphatic hydroxyl groups is 1. The van der Waals surface area contributed by atoms with Gasteiger partial charge in [-0.15, -0.1) is 0 Å². The second-order valence-corrected chi connectivity index (χ2v) is 4.84. The van der Waals surface area contributed by atoms with Crippen LogP contribution in [0.25, 0.3) is 16.7 Å². The van der Waals surface area contributed by atoms with Crippen LogP contribution in [0.4, 0.5) is 0 Å². The van der Waals surface area contributed by atoms with Crippen molar-refractivity contribution in [3.63, 3.8) is 0 Å². The first-order chi connectivity index (χ1) is 10.1. The molecule has 0 aromatic carbocycles. The Kier molecular flexibility index (Phi) is 4.49. The van der Waals surface area contributed by atoms with Gasteiger partial charge in [0.2, 0.25) is 0 Å². The molecule has 0 saturated heterocycles. The van der Waals surface area contributed by atoms with Crippen LogP contribution in [0.3, 0.4) is 0 Å². The maximum atomic E-state index is 10.9. The van der Waals surface area contributed by atoms with Gasteiger partial charge in [0, 0.05) is 23.7 Å². The van der Waals surface area contributed by atoms with E-state index in [1.165, 1.54) is 6.20 Å². The summed E-state index contributed by atoms with van der Waals surface area (Å²) in [7, 11) is 0. The van der Waals surface area contributed by atoms with Gasteiger partial charge in [-0.3, -0.25) is 14.5 Å². The van der Waals surface area contributed by atoms with Crippen molar-refractivity contribution in [1.82, 2.24) is 14.8 Å². The number of aliphatic hydroxyl groups excluding tert-OH is 1. The largest absolute Gasteiger partial charge is 0.404 e. The number of carbonyl (C=O) groups excluding carboxylic acids is 1. The zero-order chi connectivity index (χ0) is 15.4. The topological polar surface area (TPSA) is 94.0 Å². The minimum atomic E-state index is -0.466. The molecule has 1 atom stereocenters. The van der Waals surface area contributed by atoms with Gasteiger partial charge in [-0.1, -0.05) is 0 Å². The number of pyridine rings is 1. The molecular formula is C15H18N4O2. The Morgan fingerprint density at radius 3 is 2.95 bits per heavy atom. The van der Waals surface area contributed by atoms with Crippen molar-refractivity contribution in [2.24, 2.45) is 5.73 Å². The Labute approximate surface area is 122 Å². The van der Waals surface area contributed by atoms with Gasteiger partial charge in [-0.25, -0.2) is 0 Å². The number of allylic oxidation sites excluding steroid dienone is 1. The van der Waals surface area contributed by atoms with Crippen molar-refractivity contribution in [3.05, 3.63) is 42.1 Å². The lowest BCUT2D eigenvalue weighted by atomic mass is 10.1. The minimum Gasteiger partial charge on any atom is -0.404 e. The number of nitrogens with two attached hydrogens (primary N) is 1. The average molecular weight is 286 g/mol. The molecule has 110 valence electrons. The first-order valence-electron chi connectivity index (χ1n) is 6.61. The molecule has 0 fully saturated rings. The van der Waals surface area contributed by atoms with Gasteiger partial charge in [0.1, 0.15) is 0 Å². The van der Waals surface area contributed by atoms with Gasteiger partial charge in [-0.2, -0.15) is 5.10 Å². The van der Waals surface area contributed by atoms with Gasteiger partial charge in [0.25, 0.3) is 0 Å². The summed E-state index contributed by atoms with van der Waals surface area (Å²) in [5, 5.41) is 13.7. The number of nitrogens with zero attached hydrogens (tertiary/aromatic N) is 3. The molecule has 2 rings (SSSR count). The molecule has 0 spiro atoms. The number of hydrogen-bond acceptors (Lipinski definition) is 5. The molecule has 0 aliphatic heterocycles. The van der Waals surface area contributed by atoms with E-state index in [4.69, 9.17) is 5.73 Å². The molecule has 0 saturated carbocycles. The Morgan fingerprint density at radius 1 is 1.57 bits per heavy atom. The van der Waals surface area contributed by atoms with Gasteiger partial charge in [-0.05, 0) is 31.5 Å². The van der Waals surface area contributed by atoms with E-state index in [2.05, 4.69) is 10.1 Å². The molecule has 0 aliphatic rings. The summed E-state index contributed by atoms with van der Waals surface area (Å²) >= 11 is 0. The zero-order valence-electron chi connectivity index (χ0n) is 12.0. The summed E-state index contributed by atoms with van der Waals surface area (Å²) < 4.78 is 1.75. The van der Waals surface area contributed by atoms with E-state index in [-0.39, 0.29) is 0 Å². The van der Waals surface area contributed by atoms with E-state index in [0.29, 0.717) is 24.1 Å². The monoisotopic (exact) mass is 286 g/mol. The lowest BCUT2D eigenvalue weighted by Gasteiger charge is -2.08. The Hall–Kier alpha value is -2.47. The van der Waals surface area contributed by atoms with Gasteiger partial charge in [0.15, 0.2) is 6.29 Å². The van der Waals surface area contributed by atoms with Gasteiger partial charge in [0.05, 0.1) is 30.1 Å². The van der Waals surface area contributed by atoms with Crippen molar-refractivity contribution >= 4 is 11.9 Å². The summed E-state index contributed by atoms with van der Waals surface area (Å²) in [6, 6.07) is 3.64. The summed E-state index contributed by atoms with van der Waals surface area (Å²) in [6.45, 7) is 4.09. The third-order valence-corrected chi connectivity index (χ3v) is 3.21. The molecule has 6 nitrogen and oxygen atoms in total. The molecule has 0 radical (unpaired) electrons. The molecule has 2 aromatic rings. The Morgan fingerprint density at radius 2 is 2.33 bits per heavy atom. The van der Waals surface area contributed by atoms with Crippen molar-refractivity contribution in [2.45, 2.75) is 26.5 Å². The second-order valence-electron chi connectivity index (χ2n) is 4.84. The van der Waals surface area contributed by atoms with Gasteiger partial charge >= 0.3 is 0 Å². The predicted octanol–water partition coefficient (Wildman–Crippen LogP) is 1.13. The smallest absolute Gasteiger partial charge is 0.153 e. The van der Waals surface area contributed by atoms with Crippen LogP contribution < -0.4 is 5.73 Å². The van der Waals surface area contributed by atoms with Crippen LogP contribution in [-0.4, -0.2) is 32.3 Å². The van der Waals surface area contributed by atoms with Crippen LogP contribution in [0, 0.1) is 6.92 Å². The van der Waals surface area contributed by atoms with Crippen molar-refractivity contribution < 1.29 is 9.90 Å². The first-order valence-corrected chi connectivity index (χ1v) is 6.61. The average Bonchev–Trinajstić information content (AvgIpc) is 2.81. The van der Waals surface area contributed by atoms with E-state index in [9.17, 15) is 9.90 Å². The Bertz CT molecular complexity index is 674.